The molecule has 6 nitrogen and oxygen atoms in total. The molecule has 1 saturated heterocycles. The van der Waals surface area contributed by atoms with E-state index in [2.05, 4.69) is 16.8 Å². The molecule has 0 spiro atoms. The Morgan fingerprint density at radius 3 is 2.85 bits per heavy atom. The number of carbonyl (C=O) groups excluding carboxylic acids is 1. The maximum absolute atomic E-state index is 12.2. The molecule has 110 valence electrons. The molecule has 1 aliphatic heterocycles. The van der Waals surface area contributed by atoms with Gasteiger partial charge in [-0.15, -0.1) is 16.8 Å². The van der Waals surface area contributed by atoms with Crippen molar-refractivity contribution in [2.45, 2.75) is 38.7 Å². The van der Waals surface area contributed by atoms with Crippen molar-refractivity contribution < 1.29 is 13.9 Å². The minimum Gasteiger partial charge on any atom is -0.425 e. The molecule has 0 N–H and O–H groups in total. The van der Waals surface area contributed by atoms with Crippen LogP contribution in [0.1, 0.15) is 32.0 Å². The third-order valence-corrected chi connectivity index (χ3v) is 3.47. The second-order valence-corrected chi connectivity index (χ2v) is 5.47. The number of hydrogen-bond acceptors (Lipinski definition) is 5. The first kappa shape index (κ1) is 14.7. The lowest BCUT2D eigenvalue weighted by atomic mass is 9.81. The van der Waals surface area contributed by atoms with Crippen LogP contribution in [0.2, 0.25) is 0 Å². The third-order valence-electron chi connectivity index (χ3n) is 3.47. The first-order valence-electron chi connectivity index (χ1n) is 6.78. The van der Waals surface area contributed by atoms with Crippen LogP contribution in [-0.2, 0) is 14.9 Å². The molecule has 1 atom stereocenters. The van der Waals surface area contributed by atoms with Gasteiger partial charge in [0.25, 0.3) is 5.91 Å². The minimum absolute atomic E-state index is 0.00257. The molecule has 1 unspecified atom stereocenters. The zero-order chi connectivity index (χ0) is 14.8. The molecular weight excluding hydrogens is 258 g/mol. The largest absolute Gasteiger partial charge is 0.425 e. The molecule has 0 aliphatic carbocycles. The Bertz CT molecular complexity index is 492. The van der Waals surface area contributed by atoms with E-state index < -0.39 is 6.10 Å². The van der Waals surface area contributed by atoms with Gasteiger partial charge in [0.05, 0.1) is 12.0 Å². The summed E-state index contributed by atoms with van der Waals surface area (Å²) in [5.74, 6) is 1.15. The van der Waals surface area contributed by atoms with Gasteiger partial charge in [-0.25, -0.2) is 0 Å². The first-order valence-corrected chi connectivity index (χ1v) is 6.78. The molecule has 6 heteroatoms. The summed E-state index contributed by atoms with van der Waals surface area (Å²) in [6, 6.07) is 0. The van der Waals surface area contributed by atoms with Gasteiger partial charge in [0, 0.05) is 20.0 Å². The van der Waals surface area contributed by atoms with Crippen LogP contribution in [0.3, 0.4) is 0 Å². The van der Waals surface area contributed by atoms with E-state index in [1.54, 1.807) is 24.8 Å². The fraction of sp³-hybridized carbons (Fsp3) is 0.643. The summed E-state index contributed by atoms with van der Waals surface area (Å²) in [5, 5.41) is 7.88. The van der Waals surface area contributed by atoms with Gasteiger partial charge in [0.15, 0.2) is 0 Å². The Labute approximate surface area is 118 Å². The van der Waals surface area contributed by atoms with E-state index in [4.69, 9.17) is 9.15 Å². The quantitative estimate of drug-likeness (QED) is 0.582. The lowest BCUT2D eigenvalue weighted by molar-refractivity contribution is -0.150. The molecule has 20 heavy (non-hydrogen) atoms. The van der Waals surface area contributed by atoms with Crippen LogP contribution in [0.5, 0.6) is 0 Å². The van der Waals surface area contributed by atoms with Crippen LogP contribution >= 0.6 is 0 Å². The average molecular weight is 279 g/mol. The van der Waals surface area contributed by atoms with E-state index in [1.807, 2.05) is 6.92 Å². The van der Waals surface area contributed by atoms with Gasteiger partial charge in [-0.3, -0.25) is 4.79 Å². The number of rotatable bonds is 6. The van der Waals surface area contributed by atoms with E-state index in [0.717, 1.165) is 6.42 Å². The normalized spacial score (nSPS) is 18.4. The Balaban J connectivity index is 1.85. The molecule has 0 saturated carbocycles. The van der Waals surface area contributed by atoms with Crippen molar-refractivity contribution in [1.29, 1.82) is 0 Å². The summed E-state index contributed by atoms with van der Waals surface area (Å²) in [4.78, 5) is 13.9. The highest BCUT2D eigenvalue weighted by atomic mass is 16.5. The molecule has 1 aliphatic rings. The van der Waals surface area contributed by atoms with Gasteiger partial charge in [-0.2, -0.15) is 0 Å². The van der Waals surface area contributed by atoms with Crippen molar-refractivity contribution >= 4 is 5.91 Å². The molecule has 0 bridgehead atoms. The highest BCUT2D eigenvalue weighted by Crippen LogP contribution is 2.33. The number of aryl methyl sites for hydroxylation is 1. The van der Waals surface area contributed by atoms with Crippen LogP contribution in [0.25, 0.3) is 0 Å². The molecule has 1 amide bonds. The molecule has 0 radical (unpaired) electrons. The second kappa shape index (κ2) is 5.75. The van der Waals surface area contributed by atoms with Gasteiger partial charge >= 0.3 is 0 Å². The Morgan fingerprint density at radius 1 is 1.60 bits per heavy atom. The third kappa shape index (κ3) is 2.90. The van der Waals surface area contributed by atoms with E-state index in [-0.39, 0.29) is 11.3 Å². The van der Waals surface area contributed by atoms with Gasteiger partial charge < -0.3 is 14.1 Å². The number of likely N-dealkylation sites (tertiary alicyclic amines) is 1. The van der Waals surface area contributed by atoms with Crippen LogP contribution in [0.15, 0.2) is 17.1 Å². The van der Waals surface area contributed by atoms with Crippen molar-refractivity contribution in [3.8, 4) is 0 Å². The fourth-order valence-electron chi connectivity index (χ4n) is 2.28. The Hall–Kier alpha value is -1.69. The number of aromatic nitrogens is 2. The number of carbonyl (C=O) groups is 1. The summed E-state index contributed by atoms with van der Waals surface area (Å²) in [7, 11) is 0. The van der Waals surface area contributed by atoms with Crippen molar-refractivity contribution in [2.75, 3.05) is 19.7 Å². The molecule has 2 rings (SSSR count). The monoisotopic (exact) mass is 279 g/mol. The summed E-state index contributed by atoms with van der Waals surface area (Å²) < 4.78 is 10.9. The van der Waals surface area contributed by atoms with Crippen molar-refractivity contribution in [3.05, 3.63) is 24.4 Å². The van der Waals surface area contributed by atoms with Gasteiger partial charge in [-0.05, 0) is 20.3 Å². The second-order valence-electron chi connectivity index (χ2n) is 5.47. The van der Waals surface area contributed by atoms with Crippen molar-refractivity contribution in [3.63, 3.8) is 0 Å². The summed E-state index contributed by atoms with van der Waals surface area (Å²) in [6.45, 7) is 10.9. The smallest absolute Gasteiger partial charge is 0.251 e. The lowest BCUT2D eigenvalue weighted by Gasteiger charge is -2.46. The van der Waals surface area contributed by atoms with Crippen LogP contribution in [-0.4, -0.2) is 46.8 Å². The Morgan fingerprint density at radius 2 is 2.30 bits per heavy atom. The predicted molar refractivity (Wildman–Crippen MR) is 73.2 cm³/mol. The average Bonchev–Trinajstić information content (AvgIpc) is 2.81. The minimum atomic E-state index is -0.427. The van der Waals surface area contributed by atoms with Crippen molar-refractivity contribution in [1.82, 2.24) is 15.1 Å². The topological polar surface area (TPSA) is 68.5 Å². The van der Waals surface area contributed by atoms with Crippen LogP contribution in [0.4, 0.5) is 0 Å². The van der Waals surface area contributed by atoms with Gasteiger partial charge in [0.2, 0.25) is 11.8 Å². The van der Waals surface area contributed by atoms with Gasteiger partial charge in [0.1, 0.15) is 6.10 Å². The predicted octanol–water partition coefficient (Wildman–Crippen LogP) is 1.46. The van der Waals surface area contributed by atoms with Gasteiger partial charge in [-0.1, -0.05) is 6.08 Å². The van der Waals surface area contributed by atoms with Crippen LogP contribution < -0.4 is 0 Å². The molecule has 1 aromatic rings. The zero-order valence-corrected chi connectivity index (χ0v) is 12.3. The number of ether oxygens (including phenoxy) is 1. The molecule has 1 fully saturated rings. The molecular formula is C14H21N3O3. The SMILES string of the molecule is C=CCCOC(C)C(=O)N1CC(C)(c2nnc(C)o2)C1. The molecule has 2 heterocycles. The number of nitrogens with zero attached hydrogens (tertiary/aromatic N) is 3. The van der Waals surface area contributed by atoms with E-state index in [9.17, 15) is 4.79 Å². The van der Waals surface area contributed by atoms with E-state index in [0.29, 0.717) is 31.5 Å². The maximum atomic E-state index is 12.2. The Kier molecular flexibility index (Phi) is 4.23. The standard InChI is InChI=1S/C14H21N3O3/c1-5-6-7-19-10(2)12(18)17-8-14(4,9-17)13-16-15-11(3)20-13/h5,10H,1,6-9H2,2-4H3. The van der Waals surface area contributed by atoms with Crippen LogP contribution in [0, 0.1) is 6.92 Å². The maximum Gasteiger partial charge on any atom is 0.251 e. The highest BCUT2D eigenvalue weighted by molar-refractivity contribution is 5.81. The highest BCUT2D eigenvalue weighted by Gasteiger charge is 2.47. The summed E-state index contributed by atoms with van der Waals surface area (Å²) >= 11 is 0. The number of hydrogen-bond donors (Lipinski definition) is 0. The molecule has 0 aromatic carbocycles. The fourth-order valence-corrected chi connectivity index (χ4v) is 2.28. The summed E-state index contributed by atoms with van der Waals surface area (Å²) in [6.07, 6.45) is 2.09. The van der Waals surface area contributed by atoms with E-state index in [1.165, 1.54) is 0 Å². The summed E-state index contributed by atoms with van der Waals surface area (Å²) in [5.41, 5.74) is -0.238. The van der Waals surface area contributed by atoms with Crippen molar-refractivity contribution in [2.24, 2.45) is 0 Å². The van der Waals surface area contributed by atoms with E-state index >= 15 is 0 Å². The molecule has 1 aromatic heterocycles. The lowest BCUT2D eigenvalue weighted by Crippen LogP contribution is -2.61. The number of amides is 1. The zero-order valence-electron chi connectivity index (χ0n) is 12.3. The first-order chi connectivity index (χ1) is 9.46.